The summed E-state index contributed by atoms with van der Waals surface area (Å²) in [5.74, 6) is 0.672. The molecule has 0 aliphatic rings. The van der Waals surface area contributed by atoms with Crippen molar-refractivity contribution >= 4 is 0 Å². The van der Waals surface area contributed by atoms with Crippen molar-refractivity contribution in [2.75, 3.05) is 0 Å². The van der Waals surface area contributed by atoms with Crippen LogP contribution >= 0.6 is 0 Å². The lowest BCUT2D eigenvalue weighted by molar-refractivity contribution is 0.605. The highest BCUT2D eigenvalue weighted by molar-refractivity contribution is 4.94. The Morgan fingerprint density at radius 2 is 1.94 bits per heavy atom. The molecule has 2 aromatic rings. The lowest BCUT2D eigenvalue weighted by Crippen LogP contribution is -2.38. The van der Waals surface area contributed by atoms with Crippen LogP contribution in [0, 0.1) is 0 Å². The van der Waals surface area contributed by atoms with Crippen molar-refractivity contribution in [3.8, 4) is 0 Å². The number of nitrogens with zero attached hydrogens (tertiary/aromatic N) is 4. The van der Waals surface area contributed by atoms with Gasteiger partial charge in [-0.3, -0.25) is 9.36 Å². The van der Waals surface area contributed by atoms with Crippen molar-refractivity contribution in [1.82, 2.24) is 18.7 Å². The average molecular weight is 220 g/mol. The van der Waals surface area contributed by atoms with Gasteiger partial charge in [0.25, 0.3) is 5.56 Å². The Bertz CT molecular complexity index is 620. The van der Waals surface area contributed by atoms with Crippen LogP contribution in [0.25, 0.3) is 0 Å². The van der Waals surface area contributed by atoms with Crippen LogP contribution < -0.4 is 11.2 Å². The minimum Gasteiger partial charge on any atom is -0.337 e. The van der Waals surface area contributed by atoms with Crippen LogP contribution in [0.15, 0.2) is 34.2 Å². The smallest absolute Gasteiger partial charge is 0.331 e. The largest absolute Gasteiger partial charge is 0.337 e. The van der Waals surface area contributed by atoms with Crippen LogP contribution in [0.2, 0.25) is 0 Å². The Hall–Kier alpha value is -2.11. The number of aryl methyl sites for hydroxylation is 2. The lowest BCUT2D eigenvalue weighted by atomic mass is 10.5. The van der Waals surface area contributed by atoms with Gasteiger partial charge in [0.1, 0.15) is 5.82 Å². The molecule has 0 aliphatic heterocycles. The van der Waals surface area contributed by atoms with Gasteiger partial charge in [-0.25, -0.2) is 9.78 Å². The molecule has 6 nitrogen and oxygen atoms in total. The standard InChI is InChI=1S/C10H12N4O2/c1-12-6-4-11-8(12)7-14-9(15)3-5-13(2)10(14)16/h3-6H,7H2,1-2H3. The second-order valence-electron chi connectivity index (χ2n) is 3.59. The second-order valence-corrected chi connectivity index (χ2v) is 3.59. The first-order chi connectivity index (χ1) is 7.59. The zero-order valence-electron chi connectivity index (χ0n) is 9.12. The van der Waals surface area contributed by atoms with E-state index < -0.39 is 0 Å². The van der Waals surface area contributed by atoms with E-state index in [9.17, 15) is 9.59 Å². The van der Waals surface area contributed by atoms with Crippen LogP contribution in [-0.2, 0) is 20.6 Å². The molecule has 6 heteroatoms. The van der Waals surface area contributed by atoms with Crippen LogP contribution in [0.1, 0.15) is 5.82 Å². The third-order valence-corrected chi connectivity index (χ3v) is 2.46. The summed E-state index contributed by atoms with van der Waals surface area (Å²) in [6, 6.07) is 1.37. The van der Waals surface area contributed by atoms with E-state index in [1.54, 1.807) is 24.0 Å². The van der Waals surface area contributed by atoms with Gasteiger partial charge in [0.05, 0.1) is 6.54 Å². The molecule has 0 aliphatic carbocycles. The molecule has 0 bridgehead atoms. The van der Waals surface area contributed by atoms with Gasteiger partial charge in [0.2, 0.25) is 0 Å². The first kappa shape index (κ1) is 10.4. The summed E-state index contributed by atoms with van der Waals surface area (Å²) < 4.78 is 4.30. The summed E-state index contributed by atoms with van der Waals surface area (Å²) in [5, 5.41) is 0. The molecular weight excluding hydrogens is 208 g/mol. The third kappa shape index (κ3) is 1.69. The molecule has 16 heavy (non-hydrogen) atoms. The van der Waals surface area contributed by atoms with Crippen LogP contribution in [-0.4, -0.2) is 18.7 Å². The maximum atomic E-state index is 11.7. The molecule has 0 fully saturated rings. The zero-order valence-corrected chi connectivity index (χ0v) is 9.12. The maximum Gasteiger partial charge on any atom is 0.331 e. The molecule has 0 N–H and O–H groups in total. The molecule has 0 unspecified atom stereocenters. The van der Waals surface area contributed by atoms with Gasteiger partial charge >= 0.3 is 5.69 Å². The van der Waals surface area contributed by atoms with Crippen LogP contribution in [0.4, 0.5) is 0 Å². The predicted molar refractivity (Wildman–Crippen MR) is 58.3 cm³/mol. The highest BCUT2D eigenvalue weighted by Crippen LogP contribution is 1.94. The highest BCUT2D eigenvalue weighted by atomic mass is 16.2. The summed E-state index contributed by atoms with van der Waals surface area (Å²) in [6.07, 6.45) is 4.86. The summed E-state index contributed by atoms with van der Waals surface area (Å²) >= 11 is 0. The van der Waals surface area contributed by atoms with Crippen molar-refractivity contribution in [2.24, 2.45) is 14.1 Å². The fourth-order valence-corrected chi connectivity index (χ4v) is 1.45. The normalized spacial score (nSPS) is 10.6. The Morgan fingerprint density at radius 3 is 2.56 bits per heavy atom. The Labute approximate surface area is 91.4 Å². The van der Waals surface area contributed by atoms with Crippen molar-refractivity contribution in [3.05, 3.63) is 51.3 Å². The fourth-order valence-electron chi connectivity index (χ4n) is 1.45. The number of rotatable bonds is 2. The molecule has 0 saturated carbocycles. The van der Waals surface area contributed by atoms with Crippen molar-refractivity contribution in [3.63, 3.8) is 0 Å². The van der Waals surface area contributed by atoms with Gasteiger partial charge in [-0.1, -0.05) is 0 Å². The Morgan fingerprint density at radius 1 is 1.19 bits per heavy atom. The fraction of sp³-hybridized carbons (Fsp3) is 0.300. The van der Waals surface area contributed by atoms with Gasteiger partial charge in [-0.15, -0.1) is 0 Å². The molecule has 0 amide bonds. The topological polar surface area (TPSA) is 61.8 Å². The first-order valence-corrected chi connectivity index (χ1v) is 4.82. The minimum atomic E-state index is -0.337. The van der Waals surface area contributed by atoms with E-state index in [2.05, 4.69) is 4.98 Å². The zero-order chi connectivity index (χ0) is 11.7. The lowest BCUT2D eigenvalue weighted by Gasteiger charge is -2.06. The first-order valence-electron chi connectivity index (χ1n) is 4.82. The Kier molecular flexibility index (Phi) is 2.47. The molecular formula is C10H12N4O2. The van der Waals surface area contributed by atoms with Gasteiger partial charge in [0, 0.05) is 38.8 Å². The molecule has 2 rings (SSSR count). The number of hydrogen-bond acceptors (Lipinski definition) is 3. The van der Waals surface area contributed by atoms with Crippen LogP contribution in [0.3, 0.4) is 0 Å². The molecule has 84 valence electrons. The number of hydrogen-bond donors (Lipinski definition) is 0. The van der Waals surface area contributed by atoms with Crippen LogP contribution in [0.5, 0.6) is 0 Å². The van der Waals surface area contributed by atoms with E-state index in [1.165, 1.54) is 16.8 Å². The molecule has 0 spiro atoms. The van der Waals surface area contributed by atoms with Gasteiger partial charge in [-0.05, 0) is 0 Å². The molecule has 0 atom stereocenters. The highest BCUT2D eigenvalue weighted by Gasteiger charge is 2.06. The summed E-state index contributed by atoms with van der Waals surface area (Å²) in [4.78, 5) is 27.3. The van der Waals surface area contributed by atoms with E-state index in [-0.39, 0.29) is 17.8 Å². The van der Waals surface area contributed by atoms with E-state index in [0.29, 0.717) is 5.82 Å². The molecule has 2 aromatic heterocycles. The number of imidazole rings is 1. The minimum absolute atomic E-state index is 0.190. The van der Waals surface area contributed by atoms with E-state index >= 15 is 0 Å². The summed E-state index contributed by atoms with van der Waals surface area (Å²) in [7, 11) is 3.43. The predicted octanol–water partition coefficient (Wildman–Crippen LogP) is -0.671. The van der Waals surface area contributed by atoms with Gasteiger partial charge < -0.3 is 9.13 Å². The molecule has 0 saturated heterocycles. The average Bonchev–Trinajstić information content (AvgIpc) is 2.65. The van der Waals surface area contributed by atoms with E-state index in [0.717, 1.165) is 4.57 Å². The number of aromatic nitrogens is 4. The van der Waals surface area contributed by atoms with Gasteiger partial charge in [-0.2, -0.15) is 0 Å². The quantitative estimate of drug-likeness (QED) is 0.674. The third-order valence-electron chi connectivity index (χ3n) is 2.46. The molecule has 2 heterocycles. The van der Waals surface area contributed by atoms with E-state index in [1.807, 2.05) is 7.05 Å². The molecule has 0 aromatic carbocycles. The monoisotopic (exact) mass is 220 g/mol. The molecule has 0 radical (unpaired) electrons. The van der Waals surface area contributed by atoms with E-state index in [4.69, 9.17) is 0 Å². The van der Waals surface area contributed by atoms with Crippen molar-refractivity contribution in [1.29, 1.82) is 0 Å². The van der Waals surface area contributed by atoms with Crippen molar-refractivity contribution < 1.29 is 0 Å². The SMILES string of the molecule is Cn1ccnc1Cn1c(=O)ccn(C)c1=O. The summed E-state index contributed by atoms with van der Waals surface area (Å²) in [5.41, 5.74) is -0.651. The maximum absolute atomic E-state index is 11.7. The Balaban J connectivity index is 2.51. The van der Waals surface area contributed by atoms with Crippen molar-refractivity contribution in [2.45, 2.75) is 6.54 Å². The second kappa shape index (κ2) is 3.80. The summed E-state index contributed by atoms with van der Waals surface area (Å²) in [6.45, 7) is 0.190. The van der Waals surface area contributed by atoms with Gasteiger partial charge in [0.15, 0.2) is 0 Å².